The number of Topliss-reactive ketones (excluding diaryl/α,β-unsaturated/α-hetero) is 1. The van der Waals surface area contributed by atoms with Gasteiger partial charge in [0, 0.05) is 5.56 Å². The first-order chi connectivity index (χ1) is 7.24. The van der Waals surface area contributed by atoms with Gasteiger partial charge in [-0.25, -0.2) is 0 Å². The Hall–Kier alpha value is -0.760. The number of unbranched alkanes of at least 4 members (excludes halogenated alkanes) is 1. The highest BCUT2D eigenvalue weighted by molar-refractivity contribution is 7.98. The van der Waals surface area contributed by atoms with E-state index in [0.29, 0.717) is 0 Å². The number of hydrogen-bond acceptors (Lipinski definition) is 2. The Morgan fingerprint density at radius 1 is 1.20 bits per heavy atom. The van der Waals surface area contributed by atoms with Crippen LogP contribution in [0.15, 0.2) is 24.3 Å². The van der Waals surface area contributed by atoms with Crippen LogP contribution in [0.1, 0.15) is 35.7 Å². The molecule has 0 saturated heterocycles. The molecule has 2 heteroatoms. The minimum Gasteiger partial charge on any atom is -0.295 e. The van der Waals surface area contributed by atoms with Crippen molar-refractivity contribution in [2.45, 2.75) is 26.2 Å². The van der Waals surface area contributed by atoms with Gasteiger partial charge in [-0.2, -0.15) is 11.8 Å². The summed E-state index contributed by atoms with van der Waals surface area (Å²) in [6, 6.07) is 7.98. The van der Waals surface area contributed by atoms with Crippen LogP contribution in [0, 0.1) is 0 Å². The molecule has 0 radical (unpaired) electrons. The zero-order valence-corrected chi connectivity index (χ0v) is 10.3. The molecule has 0 unspecified atom stereocenters. The minimum atomic E-state index is 0.143. The summed E-state index contributed by atoms with van der Waals surface area (Å²) in [6.07, 6.45) is 5.77. The number of ketones is 1. The molecule has 1 nitrogen and oxygen atoms in total. The predicted octanol–water partition coefficient (Wildman–Crippen LogP) is 3.57. The molecule has 0 aliphatic carbocycles. The highest BCUT2D eigenvalue weighted by atomic mass is 32.2. The lowest BCUT2D eigenvalue weighted by Crippen LogP contribution is -1.93. The van der Waals surface area contributed by atoms with Crippen LogP contribution in [0.2, 0.25) is 0 Å². The molecule has 1 aromatic rings. The summed E-state index contributed by atoms with van der Waals surface area (Å²) in [7, 11) is 0. The van der Waals surface area contributed by atoms with Crippen molar-refractivity contribution in [3.05, 3.63) is 35.4 Å². The minimum absolute atomic E-state index is 0.143. The van der Waals surface area contributed by atoms with Crippen LogP contribution in [0.3, 0.4) is 0 Å². The Bertz CT molecular complexity index is 303. The van der Waals surface area contributed by atoms with Gasteiger partial charge in [-0.1, -0.05) is 24.3 Å². The van der Waals surface area contributed by atoms with Gasteiger partial charge in [0.25, 0.3) is 0 Å². The molecule has 0 heterocycles. The lowest BCUT2D eigenvalue weighted by atomic mass is 10.1. The predicted molar refractivity (Wildman–Crippen MR) is 67.8 cm³/mol. The highest BCUT2D eigenvalue weighted by Gasteiger charge is 1.98. The Labute approximate surface area is 96.3 Å². The summed E-state index contributed by atoms with van der Waals surface area (Å²) in [5.74, 6) is 1.38. The topological polar surface area (TPSA) is 17.1 Å². The molecule has 0 aliphatic rings. The summed E-state index contributed by atoms with van der Waals surface area (Å²) in [5, 5.41) is 0. The van der Waals surface area contributed by atoms with Gasteiger partial charge in [-0.3, -0.25) is 4.79 Å². The third-order valence-electron chi connectivity index (χ3n) is 2.42. The zero-order valence-electron chi connectivity index (χ0n) is 9.45. The van der Waals surface area contributed by atoms with Crippen molar-refractivity contribution in [3.8, 4) is 0 Å². The van der Waals surface area contributed by atoms with E-state index in [4.69, 9.17) is 0 Å². The first-order valence-electron chi connectivity index (χ1n) is 5.33. The number of hydrogen-bond donors (Lipinski definition) is 0. The molecule has 1 rings (SSSR count). The van der Waals surface area contributed by atoms with Crippen molar-refractivity contribution in [2.24, 2.45) is 0 Å². The van der Waals surface area contributed by atoms with Crippen molar-refractivity contribution in [1.29, 1.82) is 0 Å². The summed E-state index contributed by atoms with van der Waals surface area (Å²) in [5.41, 5.74) is 2.14. The maximum absolute atomic E-state index is 11.1. The van der Waals surface area contributed by atoms with Crippen LogP contribution < -0.4 is 0 Å². The molecule has 0 saturated carbocycles. The van der Waals surface area contributed by atoms with E-state index in [2.05, 4.69) is 18.4 Å². The van der Waals surface area contributed by atoms with Crippen molar-refractivity contribution in [3.63, 3.8) is 0 Å². The van der Waals surface area contributed by atoms with Gasteiger partial charge >= 0.3 is 0 Å². The summed E-state index contributed by atoms with van der Waals surface area (Å²) < 4.78 is 0. The van der Waals surface area contributed by atoms with E-state index in [0.717, 1.165) is 12.0 Å². The Morgan fingerprint density at radius 2 is 1.87 bits per heavy atom. The number of aryl methyl sites for hydroxylation is 1. The van der Waals surface area contributed by atoms with E-state index >= 15 is 0 Å². The fraction of sp³-hybridized carbons (Fsp3) is 0.462. The second-order valence-corrected chi connectivity index (χ2v) is 4.69. The lowest BCUT2D eigenvalue weighted by molar-refractivity contribution is 0.101. The second kappa shape index (κ2) is 6.67. The quantitative estimate of drug-likeness (QED) is 0.540. The number of carbonyl (C=O) groups excluding carboxylic acids is 1. The van der Waals surface area contributed by atoms with Gasteiger partial charge < -0.3 is 0 Å². The fourth-order valence-electron chi connectivity index (χ4n) is 1.48. The Balaban J connectivity index is 2.39. The second-order valence-electron chi connectivity index (χ2n) is 3.70. The summed E-state index contributed by atoms with van der Waals surface area (Å²) in [6.45, 7) is 1.60. The number of benzene rings is 1. The molecule has 0 spiro atoms. The maximum Gasteiger partial charge on any atom is 0.159 e. The van der Waals surface area contributed by atoms with Gasteiger partial charge in [0.15, 0.2) is 5.78 Å². The normalized spacial score (nSPS) is 10.3. The van der Waals surface area contributed by atoms with E-state index in [1.165, 1.54) is 24.2 Å². The van der Waals surface area contributed by atoms with Crippen LogP contribution in [-0.4, -0.2) is 17.8 Å². The summed E-state index contributed by atoms with van der Waals surface area (Å²) in [4.78, 5) is 11.1. The molecule has 0 bridgehead atoms. The van der Waals surface area contributed by atoms with E-state index in [-0.39, 0.29) is 5.78 Å². The molecule has 0 N–H and O–H groups in total. The average molecular weight is 222 g/mol. The molecule has 1 aromatic carbocycles. The molecule has 0 fully saturated rings. The van der Waals surface area contributed by atoms with Crippen LogP contribution in [-0.2, 0) is 6.42 Å². The third-order valence-corrected chi connectivity index (χ3v) is 3.12. The molecule has 82 valence electrons. The largest absolute Gasteiger partial charge is 0.295 e. The highest BCUT2D eigenvalue weighted by Crippen LogP contribution is 2.09. The van der Waals surface area contributed by atoms with Gasteiger partial charge in [0.1, 0.15) is 0 Å². The molecule has 15 heavy (non-hydrogen) atoms. The summed E-state index contributed by atoms with van der Waals surface area (Å²) >= 11 is 1.90. The van der Waals surface area contributed by atoms with Crippen molar-refractivity contribution < 1.29 is 4.79 Å². The molecule has 0 atom stereocenters. The van der Waals surface area contributed by atoms with Crippen LogP contribution in [0.5, 0.6) is 0 Å². The standard InChI is InChI=1S/C13H18OS/c1-11(14)13-8-6-12(7-9-13)5-3-4-10-15-2/h6-9H,3-5,10H2,1-2H3. The fourth-order valence-corrected chi connectivity index (χ4v) is 1.97. The number of rotatable bonds is 6. The van der Waals surface area contributed by atoms with E-state index < -0.39 is 0 Å². The SMILES string of the molecule is CSCCCCc1ccc(C(C)=O)cc1. The van der Waals surface area contributed by atoms with Gasteiger partial charge in [-0.05, 0) is 43.8 Å². The van der Waals surface area contributed by atoms with E-state index in [1.54, 1.807) is 6.92 Å². The van der Waals surface area contributed by atoms with E-state index in [1.807, 2.05) is 23.9 Å². The van der Waals surface area contributed by atoms with Crippen molar-refractivity contribution in [2.75, 3.05) is 12.0 Å². The smallest absolute Gasteiger partial charge is 0.159 e. The average Bonchev–Trinajstić information content (AvgIpc) is 2.25. The van der Waals surface area contributed by atoms with Gasteiger partial charge in [0.2, 0.25) is 0 Å². The van der Waals surface area contributed by atoms with E-state index in [9.17, 15) is 4.79 Å². The monoisotopic (exact) mass is 222 g/mol. The van der Waals surface area contributed by atoms with Gasteiger partial charge in [-0.15, -0.1) is 0 Å². The third kappa shape index (κ3) is 4.52. The van der Waals surface area contributed by atoms with Crippen LogP contribution in [0.25, 0.3) is 0 Å². The molecule has 0 amide bonds. The first-order valence-corrected chi connectivity index (χ1v) is 6.72. The first kappa shape index (κ1) is 12.3. The molecule has 0 aliphatic heterocycles. The van der Waals surface area contributed by atoms with Crippen LogP contribution >= 0.6 is 11.8 Å². The number of carbonyl (C=O) groups is 1. The Morgan fingerprint density at radius 3 is 2.40 bits per heavy atom. The zero-order chi connectivity index (χ0) is 11.1. The van der Waals surface area contributed by atoms with Crippen molar-refractivity contribution in [1.82, 2.24) is 0 Å². The Kier molecular flexibility index (Phi) is 5.48. The lowest BCUT2D eigenvalue weighted by Gasteiger charge is -2.02. The number of thioether (sulfide) groups is 1. The maximum atomic E-state index is 11.1. The molecular formula is C13H18OS. The van der Waals surface area contributed by atoms with Crippen LogP contribution in [0.4, 0.5) is 0 Å². The molecular weight excluding hydrogens is 204 g/mol. The molecule has 0 aromatic heterocycles. The van der Waals surface area contributed by atoms with Crippen molar-refractivity contribution >= 4 is 17.5 Å². The van der Waals surface area contributed by atoms with Gasteiger partial charge in [0.05, 0.1) is 0 Å².